The molecule has 0 aliphatic carbocycles. The summed E-state index contributed by atoms with van der Waals surface area (Å²) in [6, 6.07) is 8.57. The van der Waals surface area contributed by atoms with Crippen LogP contribution in [0.15, 0.2) is 45.7 Å². The van der Waals surface area contributed by atoms with Crippen LogP contribution >= 0.6 is 15.9 Å². The van der Waals surface area contributed by atoms with Crippen molar-refractivity contribution in [2.75, 3.05) is 11.9 Å². The van der Waals surface area contributed by atoms with Crippen LogP contribution in [0.4, 0.5) is 5.69 Å². The molecule has 0 amide bonds. The summed E-state index contributed by atoms with van der Waals surface area (Å²) in [6.07, 6.45) is 5.36. The zero-order valence-corrected chi connectivity index (χ0v) is 13.6. The first-order valence-corrected chi connectivity index (χ1v) is 7.65. The second kappa shape index (κ2) is 6.95. The summed E-state index contributed by atoms with van der Waals surface area (Å²) in [6.45, 7) is 2.95. The third kappa shape index (κ3) is 3.87. The molecule has 1 aromatic heterocycles. The van der Waals surface area contributed by atoms with Crippen LogP contribution in [0.5, 0.6) is 0 Å². The molecule has 0 fully saturated rings. The van der Waals surface area contributed by atoms with Crippen LogP contribution in [0.2, 0.25) is 0 Å². The molecule has 108 valence electrons. The molecule has 2 N–H and O–H groups in total. The number of nitrogens with zero attached hydrogens (tertiary/aromatic N) is 1. The number of nitrogens with two attached hydrogens (primary N) is 1. The fourth-order valence-electron chi connectivity index (χ4n) is 2.26. The first-order chi connectivity index (χ1) is 9.60. The van der Waals surface area contributed by atoms with Gasteiger partial charge in [-0.1, -0.05) is 22.9 Å². The Morgan fingerprint density at radius 1 is 1.35 bits per heavy atom. The number of hydrogen-bond acceptors (Lipinski definition) is 3. The molecule has 0 saturated carbocycles. The van der Waals surface area contributed by atoms with Crippen LogP contribution in [0.25, 0.3) is 0 Å². The normalized spacial score (nSPS) is 12.4. The fourth-order valence-corrected chi connectivity index (χ4v) is 2.67. The Morgan fingerprint density at radius 3 is 2.80 bits per heavy atom. The first-order valence-electron chi connectivity index (χ1n) is 6.86. The second-order valence-corrected chi connectivity index (χ2v) is 6.05. The maximum Gasteiger partial charge on any atom is 0.0952 e. The van der Waals surface area contributed by atoms with Gasteiger partial charge in [-0.15, -0.1) is 0 Å². The third-order valence-corrected chi connectivity index (χ3v) is 3.95. The molecule has 0 bridgehead atoms. The van der Waals surface area contributed by atoms with Crippen molar-refractivity contribution in [2.24, 2.45) is 5.73 Å². The van der Waals surface area contributed by atoms with Crippen LogP contribution in [0.1, 0.15) is 24.5 Å². The minimum atomic E-state index is 0.199. The molecule has 20 heavy (non-hydrogen) atoms. The highest BCUT2D eigenvalue weighted by Gasteiger charge is 2.12. The highest BCUT2D eigenvalue weighted by atomic mass is 79.9. The Balaban J connectivity index is 2.20. The van der Waals surface area contributed by atoms with Crippen LogP contribution in [0.3, 0.4) is 0 Å². The lowest BCUT2D eigenvalue weighted by Gasteiger charge is -2.23. The minimum Gasteiger partial charge on any atom is -0.472 e. The molecule has 0 radical (unpaired) electrons. The largest absolute Gasteiger partial charge is 0.472 e. The van der Waals surface area contributed by atoms with E-state index in [9.17, 15) is 0 Å². The Hall–Kier alpha value is -1.26. The van der Waals surface area contributed by atoms with E-state index in [1.165, 1.54) is 16.8 Å². The number of rotatable bonds is 6. The number of benzene rings is 1. The van der Waals surface area contributed by atoms with Gasteiger partial charge in [-0.25, -0.2) is 0 Å². The molecule has 2 aromatic rings. The third-order valence-electron chi connectivity index (χ3n) is 3.46. The summed E-state index contributed by atoms with van der Waals surface area (Å²) in [4.78, 5) is 2.23. The Labute approximate surface area is 128 Å². The van der Waals surface area contributed by atoms with E-state index < -0.39 is 0 Å². The van der Waals surface area contributed by atoms with Crippen molar-refractivity contribution in [3.63, 3.8) is 0 Å². The second-order valence-electron chi connectivity index (χ2n) is 5.13. The summed E-state index contributed by atoms with van der Waals surface area (Å²) in [5, 5.41) is 0. The van der Waals surface area contributed by atoms with Gasteiger partial charge in [0.2, 0.25) is 0 Å². The first kappa shape index (κ1) is 15.1. The SMILES string of the molecule is CCC(N)Cc1cc(Br)ccc1N(C)Cc1ccoc1. The van der Waals surface area contributed by atoms with Gasteiger partial charge >= 0.3 is 0 Å². The number of anilines is 1. The topological polar surface area (TPSA) is 42.4 Å². The Bertz CT molecular complexity index is 539. The average molecular weight is 337 g/mol. The summed E-state index contributed by atoms with van der Waals surface area (Å²) in [7, 11) is 2.09. The van der Waals surface area contributed by atoms with Crippen LogP contribution in [0, 0.1) is 0 Å². The molecule has 0 spiro atoms. The number of furan rings is 1. The van der Waals surface area contributed by atoms with Gasteiger partial charge < -0.3 is 15.1 Å². The standard InChI is InChI=1S/C16H21BrN2O/c1-3-15(18)9-13-8-14(17)4-5-16(13)19(2)10-12-6-7-20-11-12/h4-8,11,15H,3,9-10,18H2,1-2H3. The smallest absolute Gasteiger partial charge is 0.0952 e. The van der Waals surface area contributed by atoms with Gasteiger partial charge in [0.1, 0.15) is 0 Å². The van der Waals surface area contributed by atoms with E-state index in [0.29, 0.717) is 0 Å². The molecule has 0 saturated heterocycles. The van der Waals surface area contributed by atoms with E-state index in [0.717, 1.165) is 23.9 Å². The zero-order valence-electron chi connectivity index (χ0n) is 12.0. The van der Waals surface area contributed by atoms with Gasteiger partial charge in [0.05, 0.1) is 12.5 Å². The van der Waals surface area contributed by atoms with Crippen molar-refractivity contribution in [1.29, 1.82) is 0 Å². The van der Waals surface area contributed by atoms with Gasteiger partial charge in [0, 0.05) is 35.4 Å². The molecule has 0 aliphatic rings. The zero-order chi connectivity index (χ0) is 14.5. The Morgan fingerprint density at radius 2 is 2.15 bits per heavy atom. The van der Waals surface area contributed by atoms with Crippen LogP contribution < -0.4 is 10.6 Å². The van der Waals surface area contributed by atoms with E-state index in [1.807, 2.05) is 6.07 Å². The molecular weight excluding hydrogens is 316 g/mol. The predicted molar refractivity (Wildman–Crippen MR) is 86.9 cm³/mol. The fraction of sp³-hybridized carbons (Fsp3) is 0.375. The molecular formula is C16H21BrN2O. The Kier molecular flexibility index (Phi) is 5.26. The molecule has 1 atom stereocenters. The summed E-state index contributed by atoms with van der Waals surface area (Å²) >= 11 is 3.54. The van der Waals surface area contributed by atoms with E-state index in [1.54, 1.807) is 12.5 Å². The summed E-state index contributed by atoms with van der Waals surface area (Å²) in [5.74, 6) is 0. The lowest BCUT2D eigenvalue weighted by Crippen LogP contribution is -2.24. The molecule has 3 nitrogen and oxygen atoms in total. The van der Waals surface area contributed by atoms with Crippen molar-refractivity contribution in [3.05, 3.63) is 52.4 Å². The van der Waals surface area contributed by atoms with E-state index in [-0.39, 0.29) is 6.04 Å². The van der Waals surface area contributed by atoms with E-state index >= 15 is 0 Å². The highest BCUT2D eigenvalue weighted by Crippen LogP contribution is 2.26. The molecule has 0 aliphatic heterocycles. The predicted octanol–water partition coefficient (Wildman–Crippen LogP) is 3.96. The quantitative estimate of drug-likeness (QED) is 0.868. The summed E-state index contributed by atoms with van der Waals surface area (Å²) < 4.78 is 6.22. The van der Waals surface area contributed by atoms with E-state index in [2.05, 4.69) is 53.0 Å². The molecule has 2 rings (SSSR count). The maximum atomic E-state index is 6.11. The molecule has 4 heteroatoms. The van der Waals surface area contributed by atoms with Gasteiger partial charge in [-0.3, -0.25) is 0 Å². The lowest BCUT2D eigenvalue weighted by molar-refractivity contribution is 0.563. The maximum absolute atomic E-state index is 6.11. The monoisotopic (exact) mass is 336 g/mol. The summed E-state index contributed by atoms with van der Waals surface area (Å²) in [5.41, 5.74) is 9.78. The van der Waals surface area contributed by atoms with Gasteiger partial charge in [-0.2, -0.15) is 0 Å². The van der Waals surface area contributed by atoms with Crippen LogP contribution in [-0.4, -0.2) is 13.1 Å². The van der Waals surface area contributed by atoms with Gasteiger partial charge in [-0.05, 0) is 42.7 Å². The molecule has 1 heterocycles. The van der Waals surface area contributed by atoms with E-state index in [4.69, 9.17) is 10.2 Å². The van der Waals surface area contributed by atoms with Crippen molar-refractivity contribution in [3.8, 4) is 0 Å². The molecule has 1 unspecified atom stereocenters. The molecule has 1 aromatic carbocycles. The highest BCUT2D eigenvalue weighted by molar-refractivity contribution is 9.10. The van der Waals surface area contributed by atoms with Crippen molar-refractivity contribution >= 4 is 21.6 Å². The number of hydrogen-bond donors (Lipinski definition) is 1. The van der Waals surface area contributed by atoms with Crippen LogP contribution in [-0.2, 0) is 13.0 Å². The van der Waals surface area contributed by atoms with Gasteiger partial charge in [0.15, 0.2) is 0 Å². The van der Waals surface area contributed by atoms with Crippen molar-refractivity contribution in [2.45, 2.75) is 32.4 Å². The average Bonchev–Trinajstić information content (AvgIpc) is 2.91. The lowest BCUT2D eigenvalue weighted by atomic mass is 10.0. The number of halogens is 1. The minimum absolute atomic E-state index is 0.199. The van der Waals surface area contributed by atoms with Crippen molar-refractivity contribution in [1.82, 2.24) is 0 Å². The van der Waals surface area contributed by atoms with Gasteiger partial charge in [0.25, 0.3) is 0 Å². The van der Waals surface area contributed by atoms with Crippen molar-refractivity contribution < 1.29 is 4.42 Å².